The van der Waals surface area contributed by atoms with Gasteiger partial charge in [0.2, 0.25) is 5.95 Å². The van der Waals surface area contributed by atoms with Crippen LogP contribution in [-0.4, -0.2) is 19.3 Å². The third kappa shape index (κ3) is 1.38. The molecule has 0 saturated heterocycles. The maximum absolute atomic E-state index is 5.98. The van der Waals surface area contributed by atoms with Crippen LogP contribution < -0.4 is 5.73 Å². The molecular weight excluding hydrogens is 202 g/mol. The molecule has 88 valence electrons. The zero-order chi connectivity index (χ0) is 11.9. The summed E-state index contributed by atoms with van der Waals surface area (Å²) in [4.78, 5) is 4.41. The van der Waals surface area contributed by atoms with Crippen molar-refractivity contribution in [3.63, 3.8) is 0 Å². The van der Waals surface area contributed by atoms with E-state index in [1.807, 2.05) is 11.6 Å². The number of anilines is 1. The fraction of sp³-hybridized carbons (Fsp3) is 0.636. The summed E-state index contributed by atoms with van der Waals surface area (Å²) >= 11 is 0. The Kier molecular flexibility index (Phi) is 2.61. The van der Waals surface area contributed by atoms with Gasteiger partial charge in [0.05, 0.1) is 5.69 Å². The molecule has 0 aromatic carbocycles. The van der Waals surface area contributed by atoms with E-state index in [-0.39, 0.29) is 0 Å². The van der Waals surface area contributed by atoms with Crippen molar-refractivity contribution in [3.05, 3.63) is 5.69 Å². The highest BCUT2D eigenvalue weighted by Gasteiger charge is 2.19. The second-order valence-electron chi connectivity index (χ2n) is 4.17. The summed E-state index contributed by atoms with van der Waals surface area (Å²) < 4.78 is 4.05. The van der Waals surface area contributed by atoms with Crippen molar-refractivity contribution in [1.29, 1.82) is 0 Å². The fourth-order valence-corrected chi connectivity index (χ4v) is 2.04. The summed E-state index contributed by atoms with van der Waals surface area (Å²) in [5, 5.41) is 4.46. The first kappa shape index (κ1) is 11.0. The lowest BCUT2D eigenvalue weighted by Gasteiger charge is -2.14. The molecule has 1 atom stereocenters. The number of hydrogen-bond acceptors (Lipinski definition) is 3. The summed E-state index contributed by atoms with van der Waals surface area (Å²) in [6.45, 7) is 9.19. The Morgan fingerprint density at radius 2 is 2.06 bits per heavy atom. The van der Waals surface area contributed by atoms with Crippen LogP contribution >= 0.6 is 0 Å². The van der Waals surface area contributed by atoms with Crippen LogP contribution in [0, 0.1) is 6.92 Å². The molecule has 0 bridgehead atoms. The predicted molar refractivity (Wildman–Crippen MR) is 65.3 cm³/mol. The van der Waals surface area contributed by atoms with Crippen LogP contribution in [0.3, 0.4) is 0 Å². The third-order valence-electron chi connectivity index (χ3n) is 3.10. The number of aryl methyl sites for hydroxylation is 2. The van der Waals surface area contributed by atoms with Crippen molar-refractivity contribution < 1.29 is 0 Å². The number of nitrogen functional groups attached to an aromatic ring is 1. The molecule has 0 spiro atoms. The van der Waals surface area contributed by atoms with E-state index in [0.29, 0.717) is 12.0 Å². The number of imidazole rings is 1. The summed E-state index contributed by atoms with van der Waals surface area (Å²) in [5.41, 5.74) is 8.91. The molecule has 5 nitrogen and oxygen atoms in total. The molecular formula is C11H19N5. The monoisotopic (exact) mass is 221 g/mol. The van der Waals surface area contributed by atoms with Gasteiger partial charge in [-0.3, -0.25) is 4.57 Å². The van der Waals surface area contributed by atoms with Crippen molar-refractivity contribution in [1.82, 2.24) is 19.3 Å². The maximum atomic E-state index is 5.98. The van der Waals surface area contributed by atoms with Crippen LogP contribution in [0.15, 0.2) is 0 Å². The molecule has 16 heavy (non-hydrogen) atoms. The largest absolute Gasteiger partial charge is 0.369 e. The van der Waals surface area contributed by atoms with Crippen LogP contribution in [0.4, 0.5) is 5.95 Å². The minimum Gasteiger partial charge on any atom is -0.369 e. The zero-order valence-corrected chi connectivity index (χ0v) is 10.4. The molecule has 0 amide bonds. The first-order valence-corrected chi connectivity index (χ1v) is 5.80. The van der Waals surface area contributed by atoms with E-state index in [1.165, 1.54) is 0 Å². The van der Waals surface area contributed by atoms with E-state index in [9.17, 15) is 0 Å². The van der Waals surface area contributed by atoms with Crippen LogP contribution in [-0.2, 0) is 6.54 Å². The zero-order valence-electron chi connectivity index (χ0n) is 10.4. The Labute approximate surface area is 95.3 Å². The lowest BCUT2D eigenvalue weighted by molar-refractivity contribution is 0.531. The SMILES string of the molecule is CCC(C)n1c(N)nc2c(C)nn(CC)c21. The van der Waals surface area contributed by atoms with Gasteiger partial charge in [-0.1, -0.05) is 6.92 Å². The number of rotatable bonds is 3. The third-order valence-corrected chi connectivity index (χ3v) is 3.10. The molecule has 0 aliphatic carbocycles. The maximum Gasteiger partial charge on any atom is 0.202 e. The molecule has 2 N–H and O–H groups in total. The Morgan fingerprint density at radius 3 is 2.62 bits per heavy atom. The molecule has 0 aliphatic heterocycles. The molecule has 2 aromatic rings. The van der Waals surface area contributed by atoms with E-state index < -0.39 is 0 Å². The summed E-state index contributed by atoms with van der Waals surface area (Å²) in [7, 11) is 0. The fourth-order valence-electron chi connectivity index (χ4n) is 2.04. The second kappa shape index (κ2) is 3.81. The summed E-state index contributed by atoms with van der Waals surface area (Å²) in [6.07, 6.45) is 1.03. The normalized spacial score (nSPS) is 13.5. The van der Waals surface area contributed by atoms with Gasteiger partial charge in [0, 0.05) is 12.6 Å². The van der Waals surface area contributed by atoms with Crippen molar-refractivity contribution in [3.8, 4) is 0 Å². The van der Waals surface area contributed by atoms with E-state index in [2.05, 4.69) is 35.4 Å². The average molecular weight is 221 g/mol. The Balaban J connectivity index is 2.75. The van der Waals surface area contributed by atoms with Crippen molar-refractivity contribution >= 4 is 17.1 Å². The first-order chi connectivity index (χ1) is 7.60. The Bertz CT molecular complexity index is 508. The second-order valence-corrected chi connectivity index (χ2v) is 4.17. The summed E-state index contributed by atoms with van der Waals surface area (Å²) in [6, 6.07) is 0.353. The van der Waals surface area contributed by atoms with E-state index in [4.69, 9.17) is 5.73 Å². The predicted octanol–water partition coefficient (Wildman–Crippen LogP) is 2.11. The van der Waals surface area contributed by atoms with Crippen LogP contribution in [0.5, 0.6) is 0 Å². The molecule has 1 unspecified atom stereocenters. The molecule has 2 rings (SSSR count). The molecule has 5 heteroatoms. The quantitative estimate of drug-likeness (QED) is 0.863. The number of aromatic nitrogens is 4. The average Bonchev–Trinajstić information content (AvgIpc) is 2.75. The van der Waals surface area contributed by atoms with Gasteiger partial charge in [0.25, 0.3) is 0 Å². The van der Waals surface area contributed by atoms with Crippen molar-refractivity contribution in [2.45, 2.75) is 46.7 Å². The van der Waals surface area contributed by atoms with Gasteiger partial charge in [-0.15, -0.1) is 0 Å². The molecule has 0 fully saturated rings. The van der Waals surface area contributed by atoms with Crippen molar-refractivity contribution in [2.75, 3.05) is 5.73 Å². The first-order valence-electron chi connectivity index (χ1n) is 5.80. The molecule has 0 aliphatic rings. The minimum absolute atomic E-state index is 0.353. The van der Waals surface area contributed by atoms with E-state index >= 15 is 0 Å². The van der Waals surface area contributed by atoms with Gasteiger partial charge >= 0.3 is 0 Å². The molecule has 0 saturated carbocycles. The Hall–Kier alpha value is -1.52. The van der Waals surface area contributed by atoms with E-state index in [1.54, 1.807) is 0 Å². The van der Waals surface area contributed by atoms with E-state index in [0.717, 1.165) is 29.8 Å². The van der Waals surface area contributed by atoms with Gasteiger partial charge in [-0.05, 0) is 27.2 Å². The van der Waals surface area contributed by atoms with Gasteiger partial charge in [-0.2, -0.15) is 5.10 Å². The standard InChI is InChI=1S/C11H19N5/c1-5-7(3)16-10-9(13-11(16)12)8(4)14-15(10)6-2/h7H,5-6H2,1-4H3,(H2,12,13). The number of nitrogens with zero attached hydrogens (tertiary/aromatic N) is 4. The van der Waals surface area contributed by atoms with Crippen LogP contribution in [0.1, 0.15) is 38.9 Å². The molecule has 2 aromatic heterocycles. The lowest BCUT2D eigenvalue weighted by Crippen LogP contribution is -2.11. The lowest BCUT2D eigenvalue weighted by atomic mass is 10.2. The van der Waals surface area contributed by atoms with Crippen LogP contribution in [0.25, 0.3) is 11.2 Å². The minimum atomic E-state index is 0.353. The smallest absolute Gasteiger partial charge is 0.202 e. The highest BCUT2D eigenvalue weighted by atomic mass is 15.4. The Morgan fingerprint density at radius 1 is 1.38 bits per heavy atom. The number of hydrogen-bond donors (Lipinski definition) is 1. The summed E-state index contributed by atoms with van der Waals surface area (Å²) in [5.74, 6) is 0.590. The van der Waals surface area contributed by atoms with Crippen LogP contribution in [0.2, 0.25) is 0 Å². The number of fused-ring (bicyclic) bond motifs is 1. The number of nitrogens with two attached hydrogens (primary N) is 1. The molecule has 0 radical (unpaired) electrons. The van der Waals surface area contributed by atoms with Gasteiger partial charge in [-0.25, -0.2) is 9.67 Å². The molecule has 2 heterocycles. The highest BCUT2D eigenvalue weighted by Crippen LogP contribution is 2.26. The van der Waals surface area contributed by atoms with Gasteiger partial charge in [0.15, 0.2) is 5.65 Å². The van der Waals surface area contributed by atoms with Gasteiger partial charge in [0.1, 0.15) is 5.52 Å². The highest BCUT2D eigenvalue weighted by molar-refractivity contribution is 5.77. The van der Waals surface area contributed by atoms with Crippen molar-refractivity contribution in [2.24, 2.45) is 0 Å². The van der Waals surface area contributed by atoms with Gasteiger partial charge < -0.3 is 5.73 Å². The topological polar surface area (TPSA) is 61.7 Å².